The van der Waals surface area contributed by atoms with E-state index in [2.05, 4.69) is 0 Å². The van der Waals surface area contributed by atoms with Crippen LogP contribution in [0.2, 0.25) is 0 Å². The first-order valence-electron chi connectivity index (χ1n) is 5.69. The molecule has 17 heavy (non-hydrogen) atoms. The molecule has 0 amide bonds. The van der Waals surface area contributed by atoms with Gasteiger partial charge < -0.3 is 5.11 Å². The third-order valence-corrected chi connectivity index (χ3v) is 5.39. The minimum Gasteiger partial charge on any atom is -0.479 e. The Morgan fingerprint density at radius 1 is 1.35 bits per heavy atom. The van der Waals surface area contributed by atoms with E-state index >= 15 is 0 Å². The lowest BCUT2D eigenvalue weighted by atomic mass is 10.1. The molecule has 0 aromatic carbocycles. The summed E-state index contributed by atoms with van der Waals surface area (Å²) in [4.78, 5) is 12.5. The Morgan fingerprint density at radius 3 is 2.41 bits per heavy atom. The van der Waals surface area contributed by atoms with Crippen molar-refractivity contribution in [3.63, 3.8) is 0 Å². The molecule has 98 valence electrons. The third kappa shape index (κ3) is 2.60. The van der Waals surface area contributed by atoms with Gasteiger partial charge in [-0.1, -0.05) is 0 Å². The van der Waals surface area contributed by atoms with E-state index in [0.717, 1.165) is 0 Å². The Hall–Kier alpha value is -0.690. The summed E-state index contributed by atoms with van der Waals surface area (Å²) in [5.74, 6) is -1.16. The first-order valence-corrected chi connectivity index (χ1v) is 7.51. The summed E-state index contributed by atoms with van der Waals surface area (Å²) < 4.78 is 36.4. The van der Waals surface area contributed by atoms with E-state index in [9.17, 15) is 17.6 Å². The van der Waals surface area contributed by atoms with Crippen LogP contribution < -0.4 is 0 Å². The lowest BCUT2D eigenvalue weighted by molar-refractivity contribution is -0.150. The van der Waals surface area contributed by atoms with Gasteiger partial charge in [0.15, 0.2) is 0 Å². The van der Waals surface area contributed by atoms with Crippen LogP contribution in [0.25, 0.3) is 0 Å². The van der Waals surface area contributed by atoms with Gasteiger partial charge in [0.05, 0.1) is 11.5 Å². The molecule has 0 radical (unpaired) electrons. The number of alkyl halides is 1. The van der Waals surface area contributed by atoms with E-state index in [1.807, 2.05) is 0 Å². The van der Waals surface area contributed by atoms with Crippen molar-refractivity contribution in [3.8, 4) is 0 Å². The van der Waals surface area contributed by atoms with Gasteiger partial charge in [0, 0.05) is 25.6 Å². The van der Waals surface area contributed by atoms with Crippen molar-refractivity contribution in [2.45, 2.75) is 31.0 Å². The molecule has 0 aromatic rings. The van der Waals surface area contributed by atoms with E-state index in [4.69, 9.17) is 5.11 Å². The molecule has 1 N–H and O–H groups in total. The lowest BCUT2D eigenvalue weighted by Crippen LogP contribution is -2.43. The summed E-state index contributed by atoms with van der Waals surface area (Å²) in [5.41, 5.74) is -2.16. The molecule has 0 bridgehead atoms. The highest BCUT2D eigenvalue weighted by Gasteiger charge is 2.47. The van der Waals surface area contributed by atoms with Crippen LogP contribution in [0.4, 0.5) is 4.39 Å². The summed E-state index contributed by atoms with van der Waals surface area (Å²) in [7, 11) is -2.93. The molecule has 1 atom stereocenters. The van der Waals surface area contributed by atoms with Crippen LogP contribution in [0, 0.1) is 0 Å². The molecule has 2 fully saturated rings. The average molecular weight is 265 g/mol. The van der Waals surface area contributed by atoms with Crippen molar-refractivity contribution >= 4 is 15.8 Å². The maximum absolute atomic E-state index is 13.8. The smallest absolute Gasteiger partial charge is 0.342 e. The predicted molar refractivity (Wildman–Crippen MR) is 59.3 cm³/mol. The highest BCUT2D eigenvalue weighted by atomic mass is 32.2. The van der Waals surface area contributed by atoms with Crippen LogP contribution in [0.15, 0.2) is 0 Å². The number of rotatable bonds is 2. The second kappa shape index (κ2) is 4.20. The van der Waals surface area contributed by atoms with Gasteiger partial charge >= 0.3 is 5.97 Å². The molecule has 2 heterocycles. The van der Waals surface area contributed by atoms with Gasteiger partial charge in [-0.25, -0.2) is 17.6 Å². The SMILES string of the molecule is O=C(O)C1(F)CCN(C2CCS(=O)(=O)CC2)C1. The summed E-state index contributed by atoms with van der Waals surface area (Å²) >= 11 is 0. The van der Waals surface area contributed by atoms with E-state index in [0.29, 0.717) is 19.4 Å². The normalized spacial score (nSPS) is 34.9. The number of hydrogen-bond acceptors (Lipinski definition) is 4. The maximum atomic E-state index is 13.8. The molecule has 0 spiro atoms. The first-order chi connectivity index (χ1) is 7.82. The topological polar surface area (TPSA) is 74.7 Å². The van der Waals surface area contributed by atoms with Crippen LogP contribution in [-0.2, 0) is 14.6 Å². The van der Waals surface area contributed by atoms with E-state index in [-0.39, 0.29) is 30.5 Å². The third-order valence-electron chi connectivity index (χ3n) is 3.67. The Balaban J connectivity index is 1.96. The van der Waals surface area contributed by atoms with Gasteiger partial charge in [0.25, 0.3) is 0 Å². The minimum absolute atomic E-state index is 0.00835. The van der Waals surface area contributed by atoms with E-state index < -0.39 is 21.5 Å². The fourth-order valence-corrected chi connectivity index (χ4v) is 4.00. The fourth-order valence-electron chi connectivity index (χ4n) is 2.53. The highest BCUT2D eigenvalue weighted by molar-refractivity contribution is 7.91. The lowest BCUT2D eigenvalue weighted by Gasteiger charge is -2.30. The van der Waals surface area contributed by atoms with Gasteiger partial charge in [-0.05, 0) is 12.8 Å². The van der Waals surface area contributed by atoms with Crippen LogP contribution >= 0.6 is 0 Å². The van der Waals surface area contributed by atoms with Crippen molar-refractivity contribution in [2.24, 2.45) is 0 Å². The van der Waals surface area contributed by atoms with Gasteiger partial charge in [-0.2, -0.15) is 0 Å². The Morgan fingerprint density at radius 2 is 1.94 bits per heavy atom. The standard InChI is InChI=1S/C10H16FNO4S/c11-10(9(13)14)3-4-12(7-10)8-1-5-17(15,16)6-2-8/h8H,1-7H2,(H,13,14). The van der Waals surface area contributed by atoms with Gasteiger partial charge in [-0.15, -0.1) is 0 Å². The Labute approximate surface area is 99.5 Å². The summed E-state index contributed by atoms with van der Waals surface area (Å²) in [5, 5.41) is 8.77. The molecule has 2 rings (SSSR count). The van der Waals surface area contributed by atoms with E-state index in [1.165, 1.54) is 0 Å². The summed E-state index contributed by atoms with van der Waals surface area (Å²) in [6, 6.07) is 0.00972. The molecule has 2 aliphatic heterocycles. The van der Waals surface area contributed by atoms with Crippen molar-refractivity contribution in [3.05, 3.63) is 0 Å². The minimum atomic E-state index is -2.93. The summed E-state index contributed by atoms with van der Waals surface area (Å²) in [6.45, 7) is 0.278. The molecular formula is C10H16FNO4S. The number of carbonyl (C=O) groups is 1. The number of sulfone groups is 1. The molecule has 0 aliphatic carbocycles. The second-order valence-corrected chi connectivity index (χ2v) is 7.18. The van der Waals surface area contributed by atoms with Crippen LogP contribution in [0.3, 0.4) is 0 Å². The molecule has 0 aromatic heterocycles. The van der Waals surface area contributed by atoms with Crippen molar-refractivity contribution in [1.29, 1.82) is 0 Å². The number of likely N-dealkylation sites (tertiary alicyclic amines) is 1. The van der Waals surface area contributed by atoms with Gasteiger partial charge in [-0.3, -0.25) is 4.90 Å². The number of halogens is 1. The van der Waals surface area contributed by atoms with Crippen LogP contribution in [0.1, 0.15) is 19.3 Å². The molecule has 5 nitrogen and oxygen atoms in total. The zero-order valence-electron chi connectivity index (χ0n) is 9.43. The molecule has 0 saturated carbocycles. The largest absolute Gasteiger partial charge is 0.479 e. The molecule has 2 saturated heterocycles. The monoisotopic (exact) mass is 265 g/mol. The van der Waals surface area contributed by atoms with Crippen LogP contribution in [0.5, 0.6) is 0 Å². The van der Waals surface area contributed by atoms with E-state index in [1.54, 1.807) is 4.90 Å². The molecule has 1 unspecified atom stereocenters. The molecule has 2 aliphatic rings. The quantitative estimate of drug-likeness (QED) is 0.764. The van der Waals surface area contributed by atoms with Crippen molar-refractivity contribution < 1.29 is 22.7 Å². The maximum Gasteiger partial charge on any atom is 0.342 e. The fraction of sp³-hybridized carbons (Fsp3) is 0.900. The number of hydrogen-bond donors (Lipinski definition) is 1. The Kier molecular flexibility index (Phi) is 3.15. The summed E-state index contributed by atoms with van der Waals surface area (Å²) in [6.07, 6.45) is 0.960. The molecule has 7 heteroatoms. The number of aliphatic carboxylic acids is 1. The van der Waals surface area contributed by atoms with Gasteiger partial charge in [0.1, 0.15) is 9.84 Å². The zero-order chi connectivity index (χ0) is 12.7. The van der Waals surface area contributed by atoms with Crippen LogP contribution in [-0.4, -0.2) is 60.7 Å². The number of carboxylic acids is 1. The zero-order valence-corrected chi connectivity index (χ0v) is 10.2. The first kappa shape index (κ1) is 12.8. The second-order valence-electron chi connectivity index (χ2n) is 4.87. The number of nitrogens with zero attached hydrogens (tertiary/aromatic N) is 1. The Bertz CT molecular complexity index is 410. The average Bonchev–Trinajstić information content (AvgIpc) is 2.62. The van der Waals surface area contributed by atoms with Crippen molar-refractivity contribution in [1.82, 2.24) is 4.90 Å². The van der Waals surface area contributed by atoms with Gasteiger partial charge in [0.2, 0.25) is 5.67 Å². The van der Waals surface area contributed by atoms with Crippen molar-refractivity contribution in [2.75, 3.05) is 24.6 Å². The predicted octanol–water partition coefficient (Wildman–Crippen LogP) is 0.0622. The molecular weight excluding hydrogens is 249 g/mol. The highest BCUT2D eigenvalue weighted by Crippen LogP contribution is 2.30. The number of carboxylic acid groups (broad SMARTS) is 1.